The van der Waals surface area contributed by atoms with Crippen LogP contribution in [0.15, 0.2) is 10.3 Å². The summed E-state index contributed by atoms with van der Waals surface area (Å²) in [4.78, 5) is 31.5. The number of hydrogen-bond acceptors (Lipinski definition) is 6. The number of hydrogen-bond donors (Lipinski definition) is 1. The van der Waals surface area contributed by atoms with Gasteiger partial charge >= 0.3 is 5.97 Å². The van der Waals surface area contributed by atoms with Crippen LogP contribution in [0.1, 0.15) is 39.4 Å². The van der Waals surface area contributed by atoms with Gasteiger partial charge in [0.1, 0.15) is 11.6 Å². The zero-order valence-electron chi connectivity index (χ0n) is 13.9. The van der Waals surface area contributed by atoms with Gasteiger partial charge in [-0.3, -0.25) is 9.59 Å². The van der Waals surface area contributed by atoms with E-state index in [-0.39, 0.29) is 18.0 Å². The second-order valence-corrected chi connectivity index (χ2v) is 6.44. The molecule has 0 spiro atoms. The highest BCUT2D eigenvalue weighted by molar-refractivity contribution is 7.09. The Kier molecular flexibility index (Phi) is 5.88. The average molecular weight is 345 g/mol. The highest BCUT2D eigenvalue weighted by Gasteiger charge is 2.14. The molecule has 0 saturated carbocycles. The molecule has 24 heavy (non-hydrogen) atoms. The number of ether oxygens (including phenoxy) is 1. The van der Waals surface area contributed by atoms with Gasteiger partial charge in [-0.05, 0) is 38.3 Å². The van der Waals surface area contributed by atoms with Crippen molar-refractivity contribution in [3.63, 3.8) is 0 Å². The van der Waals surface area contributed by atoms with E-state index in [1.165, 1.54) is 0 Å². The number of H-pyrrole nitrogens is 1. The molecule has 2 rings (SSSR count). The molecule has 7 heteroatoms. The molecule has 0 atom stereocenters. The third kappa shape index (κ3) is 4.09. The Hall–Kier alpha value is -2.46. The van der Waals surface area contributed by atoms with Crippen LogP contribution in [0.5, 0.6) is 0 Å². The minimum absolute atomic E-state index is 0.102. The number of nitriles is 1. The Morgan fingerprint density at radius 1 is 1.38 bits per heavy atom. The molecule has 2 aromatic heterocycles. The molecule has 0 saturated heterocycles. The number of aryl methyl sites for hydroxylation is 2. The molecule has 6 nitrogen and oxygen atoms in total. The van der Waals surface area contributed by atoms with Crippen molar-refractivity contribution in [1.29, 1.82) is 5.26 Å². The molecule has 0 aliphatic rings. The lowest BCUT2D eigenvalue weighted by atomic mass is 9.99. The van der Waals surface area contributed by atoms with E-state index in [9.17, 15) is 9.59 Å². The van der Waals surface area contributed by atoms with Crippen LogP contribution in [0, 0.1) is 32.1 Å². The van der Waals surface area contributed by atoms with E-state index in [0.29, 0.717) is 30.7 Å². The fraction of sp³-hybridized carbons (Fsp3) is 0.412. The smallest absolute Gasteiger partial charge is 0.306 e. The number of nitrogens with one attached hydrogen (secondary N) is 1. The molecule has 0 amide bonds. The summed E-state index contributed by atoms with van der Waals surface area (Å²) in [6.45, 7) is 5.76. The van der Waals surface area contributed by atoms with E-state index >= 15 is 0 Å². The summed E-state index contributed by atoms with van der Waals surface area (Å²) in [5.74, 6) is -0.291. The molecule has 0 radical (unpaired) electrons. The lowest BCUT2D eigenvalue weighted by Crippen LogP contribution is -2.17. The van der Waals surface area contributed by atoms with Gasteiger partial charge in [-0.1, -0.05) is 0 Å². The third-order valence-corrected chi connectivity index (χ3v) is 4.93. The standard InChI is InChI=1S/C17H19N3O3S/c1-10-13(11(2)20-17(22)14(10)8-18)4-5-16(21)23-7-6-15-12(3)19-9-24-15/h9H,4-7H2,1-3H3,(H,20,22). The Morgan fingerprint density at radius 2 is 2.12 bits per heavy atom. The third-order valence-electron chi connectivity index (χ3n) is 3.94. The second-order valence-electron chi connectivity index (χ2n) is 5.50. The predicted octanol–water partition coefficient (Wildman–Crippen LogP) is 2.35. The summed E-state index contributed by atoms with van der Waals surface area (Å²) < 4.78 is 5.26. The van der Waals surface area contributed by atoms with Gasteiger partial charge < -0.3 is 9.72 Å². The number of carbonyl (C=O) groups is 1. The Morgan fingerprint density at radius 3 is 2.75 bits per heavy atom. The molecule has 0 aliphatic heterocycles. The van der Waals surface area contributed by atoms with Crippen molar-refractivity contribution in [1.82, 2.24) is 9.97 Å². The lowest BCUT2D eigenvalue weighted by molar-refractivity contribution is -0.143. The Balaban J connectivity index is 1.91. The topological polar surface area (TPSA) is 95.8 Å². The molecule has 0 aliphatic carbocycles. The maximum atomic E-state index is 11.9. The maximum Gasteiger partial charge on any atom is 0.306 e. The normalized spacial score (nSPS) is 10.4. The minimum Gasteiger partial charge on any atom is -0.465 e. The van der Waals surface area contributed by atoms with Crippen LogP contribution in [0.4, 0.5) is 0 Å². The first-order chi connectivity index (χ1) is 11.4. The monoisotopic (exact) mass is 345 g/mol. The number of aromatic amines is 1. The molecule has 2 aromatic rings. The Labute approximate surface area is 144 Å². The maximum absolute atomic E-state index is 11.9. The molecule has 0 bridgehead atoms. The number of esters is 1. The molecular formula is C17H19N3O3S. The van der Waals surface area contributed by atoms with Gasteiger partial charge in [0.15, 0.2) is 0 Å². The van der Waals surface area contributed by atoms with Crippen LogP contribution < -0.4 is 5.56 Å². The number of nitrogens with zero attached hydrogens (tertiary/aromatic N) is 2. The van der Waals surface area contributed by atoms with E-state index in [4.69, 9.17) is 10.00 Å². The molecule has 0 aromatic carbocycles. The van der Waals surface area contributed by atoms with Crippen LogP contribution in [0.2, 0.25) is 0 Å². The largest absolute Gasteiger partial charge is 0.465 e. The fourth-order valence-corrected chi connectivity index (χ4v) is 3.31. The van der Waals surface area contributed by atoms with Gasteiger partial charge in [-0.2, -0.15) is 5.26 Å². The number of pyridine rings is 1. The molecule has 0 unspecified atom stereocenters. The highest BCUT2D eigenvalue weighted by Crippen LogP contribution is 2.16. The van der Waals surface area contributed by atoms with Crippen LogP contribution >= 0.6 is 11.3 Å². The SMILES string of the molecule is Cc1ncsc1CCOC(=O)CCc1c(C)[nH]c(=O)c(C#N)c1C. The Bertz CT molecular complexity index is 846. The first-order valence-corrected chi connectivity index (χ1v) is 8.49. The zero-order chi connectivity index (χ0) is 17.7. The van der Waals surface area contributed by atoms with Gasteiger partial charge in [0, 0.05) is 23.4 Å². The minimum atomic E-state index is -0.390. The van der Waals surface area contributed by atoms with Gasteiger partial charge in [0.25, 0.3) is 5.56 Å². The van der Waals surface area contributed by atoms with Crippen LogP contribution in [-0.4, -0.2) is 22.5 Å². The first kappa shape index (κ1) is 17.9. The van der Waals surface area contributed by atoms with Gasteiger partial charge in [-0.15, -0.1) is 11.3 Å². The van der Waals surface area contributed by atoms with Crippen LogP contribution in [0.25, 0.3) is 0 Å². The molecule has 126 valence electrons. The fourth-order valence-electron chi connectivity index (χ4n) is 2.54. The molecule has 1 N–H and O–H groups in total. The number of aromatic nitrogens is 2. The zero-order valence-corrected chi connectivity index (χ0v) is 14.7. The van der Waals surface area contributed by atoms with Crippen molar-refractivity contribution in [3.05, 3.63) is 48.8 Å². The van der Waals surface area contributed by atoms with Crippen molar-refractivity contribution >= 4 is 17.3 Å². The lowest BCUT2D eigenvalue weighted by Gasteiger charge is -2.10. The summed E-state index contributed by atoms with van der Waals surface area (Å²) in [6, 6.07) is 1.91. The van der Waals surface area contributed by atoms with Gasteiger partial charge in [0.2, 0.25) is 0 Å². The van der Waals surface area contributed by atoms with Crippen molar-refractivity contribution in [2.45, 2.75) is 40.0 Å². The summed E-state index contributed by atoms with van der Waals surface area (Å²) >= 11 is 1.55. The number of thiazole rings is 1. The van der Waals surface area contributed by atoms with Crippen molar-refractivity contribution in [3.8, 4) is 6.07 Å². The van der Waals surface area contributed by atoms with Crippen LogP contribution in [-0.2, 0) is 22.4 Å². The molecule has 0 fully saturated rings. The van der Waals surface area contributed by atoms with E-state index in [1.54, 1.807) is 30.7 Å². The van der Waals surface area contributed by atoms with E-state index in [0.717, 1.165) is 16.1 Å². The van der Waals surface area contributed by atoms with Crippen LogP contribution in [0.3, 0.4) is 0 Å². The van der Waals surface area contributed by atoms with Crippen molar-refractivity contribution < 1.29 is 9.53 Å². The van der Waals surface area contributed by atoms with E-state index < -0.39 is 5.56 Å². The molecule has 2 heterocycles. The van der Waals surface area contributed by atoms with E-state index in [2.05, 4.69) is 9.97 Å². The number of rotatable bonds is 6. The summed E-state index contributed by atoms with van der Waals surface area (Å²) in [5, 5.41) is 9.06. The quantitative estimate of drug-likeness (QED) is 0.811. The second kappa shape index (κ2) is 7.88. The highest BCUT2D eigenvalue weighted by atomic mass is 32.1. The molecular weight excluding hydrogens is 326 g/mol. The number of carbonyl (C=O) groups excluding carboxylic acids is 1. The average Bonchev–Trinajstić information content (AvgIpc) is 2.92. The first-order valence-electron chi connectivity index (χ1n) is 7.61. The van der Waals surface area contributed by atoms with Gasteiger partial charge in [-0.25, -0.2) is 4.98 Å². The van der Waals surface area contributed by atoms with Gasteiger partial charge in [0.05, 0.1) is 17.8 Å². The summed E-state index contributed by atoms with van der Waals surface area (Å²) in [6.07, 6.45) is 1.30. The summed E-state index contributed by atoms with van der Waals surface area (Å²) in [7, 11) is 0. The van der Waals surface area contributed by atoms with E-state index in [1.807, 2.05) is 13.0 Å². The predicted molar refractivity (Wildman–Crippen MR) is 91.1 cm³/mol. The van der Waals surface area contributed by atoms with Crippen molar-refractivity contribution in [2.24, 2.45) is 0 Å². The van der Waals surface area contributed by atoms with Crippen molar-refractivity contribution in [2.75, 3.05) is 6.61 Å². The summed E-state index contributed by atoms with van der Waals surface area (Å²) in [5.41, 5.74) is 4.60.